The molecular formula is C27H28N2OS. The highest BCUT2D eigenvalue weighted by Crippen LogP contribution is 2.44. The molecule has 0 saturated heterocycles. The van der Waals surface area contributed by atoms with E-state index in [4.69, 9.17) is 9.73 Å². The van der Waals surface area contributed by atoms with E-state index < -0.39 is 0 Å². The molecule has 0 saturated carbocycles. The van der Waals surface area contributed by atoms with Gasteiger partial charge in [-0.25, -0.2) is 4.99 Å². The molecule has 1 atom stereocenters. The van der Waals surface area contributed by atoms with Crippen LogP contribution in [0, 0.1) is 22.7 Å². The molecule has 4 rings (SSSR count). The third kappa shape index (κ3) is 5.06. The molecule has 1 aliphatic carbocycles. The Bertz CT molecular complexity index is 1100. The molecule has 0 N–H and O–H groups in total. The van der Waals surface area contributed by atoms with Crippen LogP contribution in [-0.2, 0) is 19.4 Å². The number of fused-ring (bicyclic) bond motifs is 1. The van der Waals surface area contributed by atoms with Gasteiger partial charge >= 0.3 is 0 Å². The lowest BCUT2D eigenvalue weighted by atomic mass is 9.72. The molecule has 0 amide bonds. The van der Waals surface area contributed by atoms with Crippen molar-refractivity contribution in [3.05, 3.63) is 81.7 Å². The van der Waals surface area contributed by atoms with Crippen molar-refractivity contribution in [3.8, 4) is 11.8 Å². The second-order valence-electron chi connectivity index (χ2n) is 9.20. The summed E-state index contributed by atoms with van der Waals surface area (Å²) in [5.41, 5.74) is 4.43. The molecule has 3 nitrogen and oxygen atoms in total. The highest BCUT2D eigenvalue weighted by molar-refractivity contribution is 7.16. The SMILES string of the molecule is CC(C)(C)[C@@H]1CCc2c(sc(N=Cc3ccc(OCc4ccccc4)cc3)c2C#N)C1. The van der Waals surface area contributed by atoms with Gasteiger partial charge < -0.3 is 4.74 Å². The Kier molecular flexibility index (Phi) is 6.25. The van der Waals surface area contributed by atoms with Gasteiger partial charge in [-0.2, -0.15) is 5.26 Å². The van der Waals surface area contributed by atoms with Gasteiger partial charge in [0.2, 0.25) is 0 Å². The predicted octanol–water partition coefficient (Wildman–Crippen LogP) is 7.10. The van der Waals surface area contributed by atoms with E-state index in [0.717, 1.165) is 46.7 Å². The molecule has 0 bridgehead atoms. The summed E-state index contributed by atoms with van der Waals surface area (Å²) in [5, 5.41) is 10.6. The molecular weight excluding hydrogens is 400 g/mol. The van der Waals surface area contributed by atoms with Crippen molar-refractivity contribution < 1.29 is 4.74 Å². The molecule has 0 aliphatic heterocycles. The van der Waals surface area contributed by atoms with Gasteiger partial charge in [-0.15, -0.1) is 11.3 Å². The molecule has 4 heteroatoms. The van der Waals surface area contributed by atoms with Crippen LogP contribution in [0.25, 0.3) is 0 Å². The van der Waals surface area contributed by atoms with Gasteiger partial charge in [-0.3, -0.25) is 0 Å². The highest BCUT2D eigenvalue weighted by Gasteiger charge is 2.32. The predicted molar refractivity (Wildman–Crippen MR) is 128 cm³/mol. The molecule has 158 valence electrons. The summed E-state index contributed by atoms with van der Waals surface area (Å²) >= 11 is 1.69. The normalized spacial score (nSPS) is 16.1. The maximum absolute atomic E-state index is 9.74. The Hall–Kier alpha value is -2.90. The smallest absolute Gasteiger partial charge is 0.134 e. The van der Waals surface area contributed by atoms with Gasteiger partial charge in [-0.05, 0) is 71.6 Å². The van der Waals surface area contributed by atoms with Crippen LogP contribution in [0.3, 0.4) is 0 Å². The van der Waals surface area contributed by atoms with Crippen molar-refractivity contribution in [1.82, 2.24) is 0 Å². The third-order valence-electron chi connectivity index (χ3n) is 6.04. The number of ether oxygens (including phenoxy) is 1. The summed E-state index contributed by atoms with van der Waals surface area (Å²) in [6, 6.07) is 20.5. The molecule has 31 heavy (non-hydrogen) atoms. The number of thiophene rings is 1. The maximum Gasteiger partial charge on any atom is 0.134 e. The van der Waals surface area contributed by atoms with Crippen molar-refractivity contribution in [1.29, 1.82) is 5.26 Å². The summed E-state index contributed by atoms with van der Waals surface area (Å²) in [6.45, 7) is 7.49. The van der Waals surface area contributed by atoms with E-state index in [9.17, 15) is 5.26 Å². The lowest BCUT2D eigenvalue weighted by molar-refractivity contribution is 0.218. The zero-order valence-corrected chi connectivity index (χ0v) is 19.2. The second-order valence-corrected chi connectivity index (χ2v) is 10.3. The Morgan fingerprint density at radius 1 is 1.13 bits per heavy atom. The largest absolute Gasteiger partial charge is 0.489 e. The van der Waals surface area contributed by atoms with Crippen LogP contribution >= 0.6 is 11.3 Å². The van der Waals surface area contributed by atoms with E-state index in [1.165, 1.54) is 10.4 Å². The fourth-order valence-electron chi connectivity index (χ4n) is 4.04. The number of nitriles is 1. The minimum absolute atomic E-state index is 0.294. The number of aliphatic imine (C=N–C) groups is 1. The summed E-state index contributed by atoms with van der Waals surface area (Å²) < 4.78 is 5.85. The summed E-state index contributed by atoms with van der Waals surface area (Å²) in [7, 11) is 0. The average molecular weight is 429 g/mol. The first-order valence-electron chi connectivity index (χ1n) is 10.8. The van der Waals surface area contributed by atoms with E-state index in [1.807, 2.05) is 48.7 Å². The fraction of sp³-hybridized carbons (Fsp3) is 0.333. The number of nitrogens with zero attached hydrogens (tertiary/aromatic N) is 2. The second kappa shape index (κ2) is 9.08. The van der Waals surface area contributed by atoms with E-state index >= 15 is 0 Å². The monoisotopic (exact) mass is 428 g/mol. The highest BCUT2D eigenvalue weighted by atomic mass is 32.1. The molecule has 2 aromatic carbocycles. The van der Waals surface area contributed by atoms with Gasteiger partial charge in [0.1, 0.15) is 23.4 Å². The summed E-state index contributed by atoms with van der Waals surface area (Å²) in [6.07, 6.45) is 5.04. The first kappa shape index (κ1) is 21.3. The first-order chi connectivity index (χ1) is 14.9. The fourth-order valence-corrected chi connectivity index (χ4v) is 5.26. The van der Waals surface area contributed by atoms with Gasteiger partial charge in [0.15, 0.2) is 0 Å². The van der Waals surface area contributed by atoms with Crippen molar-refractivity contribution in [2.75, 3.05) is 0 Å². The lowest BCUT2D eigenvalue weighted by Crippen LogP contribution is -2.26. The van der Waals surface area contributed by atoms with Gasteiger partial charge in [0, 0.05) is 11.1 Å². The van der Waals surface area contributed by atoms with Crippen molar-refractivity contribution in [3.63, 3.8) is 0 Å². The van der Waals surface area contributed by atoms with Gasteiger partial charge in [-0.1, -0.05) is 51.1 Å². The van der Waals surface area contributed by atoms with Gasteiger partial charge in [0.05, 0.1) is 5.56 Å². The van der Waals surface area contributed by atoms with Crippen LogP contribution in [0.5, 0.6) is 5.75 Å². The topological polar surface area (TPSA) is 45.4 Å². The number of rotatable bonds is 5. The lowest BCUT2D eigenvalue weighted by Gasteiger charge is -2.33. The van der Waals surface area contributed by atoms with Crippen LogP contribution in [0.1, 0.15) is 54.3 Å². The molecule has 0 radical (unpaired) electrons. The summed E-state index contributed by atoms with van der Waals surface area (Å²) in [5.74, 6) is 1.49. The maximum atomic E-state index is 9.74. The minimum atomic E-state index is 0.294. The third-order valence-corrected chi connectivity index (χ3v) is 7.20. The van der Waals surface area contributed by atoms with E-state index in [1.54, 1.807) is 11.3 Å². The number of hydrogen-bond acceptors (Lipinski definition) is 4. The molecule has 1 heterocycles. The molecule has 1 aliphatic rings. The molecule has 3 aromatic rings. The average Bonchev–Trinajstić information content (AvgIpc) is 3.14. The van der Waals surface area contributed by atoms with E-state index in [-0.39, 0.29) is 0 Å². The summed E-state index contributed by atoms with van der Waals surface area (Å²) in [4.78, 5) is 6.04. The Labute approximate surface area is 189 Å². The Balaban J connectivity index is 1.45. The van der Waals surface area contributed by atoms with Crippen LogP contribution < -0.4 is 4.74 Å². The van der Waals surface area contributed by atoms with Gasteiger partial charge in [0.25, 0.3) is 0 Å². The standard InChI is InChI=1S/C27H28N2OS/c1-27(2,3)21-11-14-23-24(16-28)26(31-25(23)15-21)29-17-19-9-12-22(13-10-19)30-18-20-7-5-4-6-8-20/h4-10,12-13,17,21H,11,14-15,18H2,1-3H3/t21-/m1/s1. The zero-order valence-electron chi connectivity index (χ0n) is 18.4. The van der Waals surface area contributed by atoms with Crippen LogP contribution in [0.2, 0.25) is 0 Å². The van der Waals surface area contributed by atoms with Crippen molar-refractivity contribution >= 4 is 22.6 Å². The molecule has 0 unspecified atom stereocenters. The van der Waals surface area contributed by atoms with E-state index in [0.29, 0.717) is 17.9 Å². The quantitative estimate of drug-likeness (QED) is 0.407. The van der Waals surface area contributed by atoms with Crippen molar-refractivity contribution in [2.45, 2.75) is 46.6 Å². The van der Waals surface area contributed by atoms with Crippen LogP contribution in [0.4, 0.5) is 5.00 Å². The molecule has 1 aromatic heterocycles. The zero-order chi connectivity index (χ0) is 21.8. The molecule has 0 spiro atoms. The number of benzene rings is 2. The Morgan fingerprint density at radius 2 is 1.87 bits per heavy atom. The van der Waals surface area contributed by atoms with Crippen LogP contribution in [-0.4, -0.2) is 6.21 Å². The van der Waals surface area contributed by atoms with Crippen molar-refractivity contribution in [2.24, 2.45) is 16.3 Å². The van der Waals surface area contributed by atoms with Crippen LogP contribution in [0.15, 0.2) is 59.6 Å². The first-order valence-corrected chi connectivity index (χ1v) is 11.6. The number of hydrogen-bond donors (Lipinski definition) is 0. The Morgan fingerprint density at radius 3 is 2.55 bits per heavy atom. The van der Waals surface area contributed by atoms with E-state index in [2.05, 4.69) is 39.0 Å². The molecule has 0 fully saturated rings. The minimum Gasteiger partial charge on any atom is -0.489 e.